The molecule has 5 nitrogen and oxygen atoms in total. The van der Waals surface area contributed by atoms with E-state index in [-0.39, 0.29) is 5.75 Å². The number of aliphatic carboxylic acids is 1. The Balaban J connectivity index is 4.02. The van der Waals surface area contributed by atoms with Gasteiger partial charge in [-0.2, -0.15) is 12.6 Å². The molecule has 0 saturated heterocycles. The van der Waals surface area contributed by atoms with Gasteiger partial charge in [-0.1, -0.05) is 22.6 Å². The number of alkyl halides is 1. The third-order valence-electron chi connectivity index (χ3n) is 1.08. The van der Waals surface area contributed by atoms with Crippen molar-refractivity contribution in [1.82, 2.24) is 5.32 Å². The molecule has 0 aliphatic rings. The summed E-state index contributed by atoms with van der Waals surface area (Å²) in [6, 6.07) is -0.845. The van der Waals surface area contributed by atoms with Gasteiger partial charge in [0.2, 0.25) is 5.91 Å². The van der Waals surface area contributed by atoms with E-state index in [9.17, 15) is 9.59 Å². The number of amides is 1. The molecule has 1 unspecified atom stereocenters. The van der Waals surface area contributed by atoms with Gasteiger partial charge in [0.15, 0.2) is 0 Å². The number of thiol groups is 1. The predicted octanol–water partition coefficient (Wildman–Crippen LogP) is -0.795. The highest BCUT2D eigenvalue weighted by atomic mass is 127. The number of hydrogen-bond donors (Lipinski definition) is 4. The van der Waals surface area contributed by atoms with Crippen LogP contribution < -0.4 is 11.1 Å². The van der Waals surface area contributed by atoms with Gasteiger partial charge in [0.1, 0.15) is 10.1 Å². The van der Waals surface area contributed by atoms with Gasteiger partial charge in [0.05, 0.1) is 0 Å². The molecular weight excluding hydrogens is 295 g/mol. The molecule has 0 rings (SSSR count). The Morgan fingerprint density at radius 2 is 2.17 bits per heavy atom. The van der Waals surface area contributed by atoms with E-state index in [0.717, 1.165) is 0 Å². The van der Waals surface area contributed by atoms with Crippen LogP contribution in [0, 0.1) is 0 Å². The van der Waals surface area contributed by atoms with Crippen LogP contribution in [-0.2, 0) is 9.59 Å². The maximum Gasteiger partial charge on any atom is 0.321 e. The lowest BCUT2D eigenvalue weighted by Crippen LogP contribution is -2.47. The Bertz CT molecular complexity index is 190. The lowest BCUT2D eigenvalue weighted by Gasteiger charge is -2.14. The minimum Gasteiger partial charge on any atom is -0.480 e. The van der Waals surface area contributed by atoms with E-state index in [2.05, 4.69) is 17.9 Å². The quantitative estimate of drug-likeness (QED) is 0.232. The number of carbonyl (C=O) groups excluding carboxylic acids is 1. The summed E-state index contributed by atoms with van der Waals surface area (Å²) < 4.78 is -0.684. The monoisotopic (exact) mass is 304 g/mol. The molecule has 0 heterocycles. The molecule has 4 N–H and O–H groups in total. The van der Waals surface area contributed by atoms with E-state index in [1.165, 1.54) is 0 Å². The van der Waals surface area contributed by atoms with E-state index in [1.807, 2.05) is 0 Å². The predicted molar refractivity (Wildman–Crippen MR) is 55.4 cm³/mol. The summed E-state index contributed by atoms with van der Waals surface area (Å²) >= 11 is 5.52. The van der Waals surface area contributed by atoms with Crippen molar-refractivity contribution >= 4 is 47.1 Å². The average molecular weight is 304 g/mol. The Labute approximate surface area is 88.6 Å². The van der Waals surface area contributed by atoms with Crippen molar-refractivity contribution in [3.8, 4) is 0 Å². The minimum atomic E-state index is -1.05. The fourth-order valence-electron chi connectivity index (χ4n) is 0.461. The molecule has 0 spiro atoms. The van der Waals surface area contributed by atoms with Crippen LogP contribution in [0.4, 0.5) is 0 Å². The van der Waals surface area contributed by atoms with Gasteiger partial charge < -0.3 is 10.8 Å². The third-order valence-corrected chi connectivity index (χ3v) is 2.42. The van der Waals surface area contributed by atoms with E-state index in [1.54, 1.807) is 22.6 Å². The average Bonchev–Trinajstić information content (AvgIpc) is 1.98. The molecule has 0 aromatic rings. The number of nitrogens with one attached hydrogen (secondary N) is 1. The van der Waals surface area contributed by atoms with Crippen LogP contribution in [0.5, 0.6) is 0 Å². The van der Waals surface area contributed by atoms with Crippen molar-refractivity contribution in [3.63, 3.8) is 0 Å². The number of carbonyl (C=O) groups is 2. The summed E-state index contributed by atoms with van der Waals surface area (Å²) in [4.78, 5) is 20.9. The zero-order valence-electron chi connectivity index (χ0n) is 6.03. The molecule has 0 radical (unpaired) electrons. The van der Waals surface area contributed by atoms with Gasteiger partial charge in [-0.25, -0.2) is 0 Å². The van der Waals surface area contributed by atoms with Gasteiger partial charge in [0, 0.05) is 5.75 Å². The summed E-state index contributed by atoms with van der Waals surface area (Å²) in [5.74, 6) is -1.53. The molecule has 0 aromatic heterocycles. The Hall–Kier alpha value is -0.0200. The standard InChI is InChI=1S/C5H9IN2O3S/c6-3(4(7)9)8-2(1-12)5(10)11/h2-3,8,12H,1H2,(H2,7,9)(H,10,11)/t2-,3?/m0/s1. The van der Waals surface area contributed by atoms with Crippen LogP contribution in [0.2, 0.25) is 0 Å². The van der Waals surface area contributed by atoms with Gasteiger partial charge in [-0.15, -0.1) is 0 Å². The molecule has 7 heteroatoms. The van der Waals surface area contributed by atoms with E-state index < -0.39 is 22.0 Å². The normalized spacial score (nSPS) is 15.2. The highest BCUT2D eigenvalue weighted by Crippen LogP contribution is 1.98. The summed E-state index contributed by atoms with van der Waals surface area (Å²) in [5, 5.41) is 11.0. The number of rotatable bonds is 5. The fraction of sp³-hybridized carbons (Fsp3) is 0.600. The Kier molecular flexibility index (Phi) is 5.59. The van der Waals surface area contributed by atoms with Gasteiger partial charge in [0.25, 0.3) is 0 Å². The first kappa shape index (κ1) is 12.0. The van der Waals surface area contributed by atoms with Crippen LogP contribution in [0.3, 0.4) is 0 Å². The second kappa shape index (κ2) is 5.60. The highest BCUT2D eigenvalue weighted by molar-refractivity contribution is 14.1. The fourth-order valence-corrected chi connectivity index (χ4v) is 1.16. The first-order valence-corrected chi connectivity index (χ1v) is 4.90. The van der Waals surface area contributed by atoms with Gasteiger partial charge in [-0.05, 0) is 0 Å². The number of nitrogens with two attached hydrogens (primary N) is 1. The molecule has 1 amide bonds. The molecule has 2 atom stereocenters. The van der Waals surface area contributed by atoms with E-state index in [4.69, 9.17) is 10.8 Å². The van der Waals surface area contributed by atoms with Gasteiger partial charge in [-0.3, -0.25) is 14.9 Å². The summed E-state index contributed by atoms with van der Waals surface area (Å²) in [6.45, 7) is 0. The molecular formula is C5H9IN2O3S. The highest BCUT2D eigenvalue weighted by Gasteiger charge is 2.20. The van der Waals surface area contributed by atoms with Crippen molar-refractivity contribution in [2.45, 2.75) is 10.1 Å². The largest absolute Gasteiger partial charge is 0.480 e. The zero-order chi connectivity index (χ0) is 9.72. The Morgan fingerprint density at radius 3 is 2.42 bits per heavy atom. The van der Waals surface area contributed by atoms with Crippen LogP contribution in [0.15, 0.2) is 0 Å². The van der Waals surface area contributed by atoms with Gasteiger partial charge >= 0.3 is 5.97 Å². The second-order valence-electron chi connectivity index (χ2n) is 2.00. The number of carboxylic acid groups (broad SMARTS) is 1. The molecule has 0 aromatic carbocycles. The first-order chi connectivity index (χ1) is 5.49. The molecule has 70 valence electrons. The minimum absolute atomic E-state index is 0.113. The molecule has 0 aliphatic carbocycles. The van der Waals surface area contributed by atoms with Crippen molar-refractivity contribution in [1.29, 1.82) is 0 Å². The molecule has 0 fully saturated rings. The number of halogens is 1. The lowest BCUT2D eigenvalue weighted by atomic mass is 10.3. The number of hydrogen-bond acceptors (Lipinski definition) is 4. The molecule has 0 bridgehead atoms. The number of primary amides is 1. The van der Waals surface area contributed by atoms with Crippen molar-refractivity contribution < 1.29 is 14.7 Å². The molecule has 0 saturated carbocycles. The van der Waals surface area contributed by atoms with E-state index >= 15 is 0 Å². The first-order valence-electron chi connectivity index (χ1n) is 3.02. The topological polar surface area (TPSA) is 92.4 Å². The van der Waals surface area contributed by atoms with Crippen LogP contribution >= 0.6 is 35.2 Å². The molecule has 12 heavy (non-hydrogen) atoms. The third kappa shape index (κ3) is 4.12. The Morgan fingerprint density at radius 1 is 1.67 bits per heavy atom. The summed E-state index contributed by atoms with van der Waals surface area (Å²) in [5.41, 5.74) is 4.91. The van der Waals surface area contributed by atoms with Crippen molar-refractivity contribution in [2.75, 3.05) is 5.75 Å². The van der Waals surface area contributed by atoms with Crippen LogP contribution in [0.1, 0.15) is 0 Å². The number of carboxylic acids is 1. The van der Waals surface area contributed by atoms with Crippen LogP contribution in [-0.4, -0.2) is 32.8 Å². The maximum atomic E-state index is 10.5. The second-order valence-corrected chi connectivity index (χ2v) is 3.62. The lowest BCUT2D eigenvalue weighted by molar-refractivity contribution is -0.138. The van der Waals surface area contributed by atoms with Crippen molar-refractivity contribution in [2.24, 2.45) is 5.73 Å². The summed E-state index contributed by atoms with van der Waals surface area (Å²) in [7, 11) is 0. The van der Waals surface area contributed by atoms with E-state index in [0.29, 0.717) is 0 Å². The van der Waals surface area contributed by atoms with Crippen molar-refractivity contribution in [3.05, 3.63) is 0 Å². The van der Waals surface area contributed by atoms with Crippen LogP contribution in [0.25, 0.3) is 0 Å². The maximum absolute atomic E-state index is 10.5. The summed E-state index contributed by atoms with van der Waals surface area (Å²) in [6.07, 6.45) is 0. The zero-order valence-corrected chi connectivity index (χ0v) is 9.08. The molecule has 0 aliphatic heterocycles. The smallest absolute Gasteiger partial charge is 0.321 e. The SMILES string of the molecule is NC(=O)C(I)N[C@@H](CS)C(=O)O.